The van der Waals surface area contributed by atoms with Crippen molar-refractivity contribution < 1.29 is 0 Å². The Morgan fingerprint density at radius 1 is 0.759 bits per heavy atom. The second kappa shape index (κ2) is 8.26. The Labute approximate surface area is 176 Å². The molecule has 1 aromatic heterocycles. The highest BCUT2D eigenvalue weighted by Crippen LogP contribution is 2.30. The van der Waals surface area contributed by atoms with E-state index in [1.165, 1.54) is 27.8 Å². The maximum Gasteiger partial charge on any atom is 0.196 e. The molecule has 146 valence electrons. The summed E-state index contributed by atoms with van der Waals surface area (Å²) < 4.78 is 2.17. The molecule has 0 unspecified atom stereocenters. The van der Waals surface area contributed by atoms with Crippen molar-refractivity contribution >= 4 is 11.8 Å². The molecule has 0 atom stereocenters. The zero-order chi connectivity index (χ0) is 20.4. The molecule has 29 heavy (non-hydrogen) atoms. The number of aryl methyl sites for hydroxylation is 4. The standard InChI is InChI=1S/C25H25N3S/c1-17-8-12-23(13-9-17)28-24(22-7-5-6-18(2)14-22)26-27-25(28)29-16-21-11-10-19(3)20(4)15-21/h5-15H,16H2,1-4H3. The average Bonchev–Trinajstić information content (AvgIpc) is 3.13. The maximum atomic E-state index is 4.56. The van der Waals surface area contributed by atoms with Gasteiger partial charge in [0.15, 0.2) is 11.0 Å². The Morgan fingerprint density at radius 3 is 2.28 bits per heavy atom. The normalized spacial score (nSPS) is 11.0. The van der Waals surface area contributed by atoms with E-state index in [1.54, 1.807) is 11.8 Å². The predicted octanol–water partition coefficient (Wildman–Crippen LogP) is 6.46. The SMILES string of the molecule is Cc1ccc(-n2c(SCc3ccc(C)c(C)c3)nnc2-c2cccc(C)c2)cc1. The number of benzene rings is 3. The molecule has 0 amide bonds. The van der Waals surface area contributed by atoms with Crippen molar-refractivity contribution in [2.75, 3.05) is 0 Å². The quantitative estimate of drug-likeness (QED) is 0.361. The van der Waals surface area contributed by atoms with Gasteiger partial charge in [-0.05, 0) is 62.6 Å². The Balaban J connectivity index is 1.73. The van der Waals surface area contributed by atoms with Crippen LogP contribution in [0.3, 0.4) is 0 Å². The second-order valence-corrected chi connectivity index (χ2v) is 8.50. The first-order chi connectivity index (χ1) is 14.0. The third kappa shape index (κ3) is 4.28. The first-order valence-corrected chi connectivity index (χ1v) is 10.8. The van der Waals surface area contributed by atoms with E-state index in [4.69, 9.17) is 0 Å². The van der Waals surface area contributed by atoms with Crippen molar-refractivity contribution in [3.63, 3.8) is 0 Å². The molecule has 0 spiro atoms. The molecule has 1 heterocycles. The zero-order valence-corrected chi connectivity index (χ0v) is 18.1. The smallest absolute Gasteiger partial charge is 0.196 e. The zero-order valence-electron chi connectivity index (χ0n) is 17.3. The minimum absolute atomic E-state index is 0.860. The molecular weight excluding hydrogens is 374 g/mol. The molecule has 0 aliphatic rings. The summed E-state index contributed by atoms with van der Waals surface area (Å²) >= 11 is 1.72. The lowest BCUT2D eigenvalue weighted by molar-refractivity contribution is 0.885. The van der Waals surface area contributed by atoms with Gasteiger partial charge in [-0.1, -0.05) is 71.4 Å². The van der Waals surface area contributed by atoms with Crippen LogP contribution < -0.4 is 0 Å². The van der Waals surface area contributed by atoms with Crippen LogP contribution in [0.25, 0.3) is 17.1 Å². The summed E-state index contributed by atoms with van der Waals surface area (Å²) in [6.07, 6.45) is 0. The fourth-order valence-electron chi connectivity index (χ4n) is 3.30. The minimum atomic E-state index is 0.860. The van der Waals surface area contributed by atoms with Crippen molar-refractivity contribution in [3.8, 4) is 17.1 Å². The van der Waals surface area contributed by atoms with Gasteiger partial charge in [-0.15, -0.1) is 10.2 Å². The van der Waals surface area contributed by atoms with E-state index in [0.29, 0.717) is 0 Å². The average molecular weight is 400 g/mol. The highest BCUT2D eigenvalue weighted by Gasteiger charge is 2.16. The highest BCUT2D eigenvalue weighted by atomic mass is 32.2. The van der Waals surface area contributed by atoms with Crippen LogP contribution in [0.1, 0.15) is 27.8 Å². The molecule has 0 bridgehead atoms. The largest absolute Gasteiger partial charge is 0.270 e. The van der Waals surface area contributed by atoms with E-state index in [0.717, 1.165) is 28.0 Å². The molecule has 4 rings (SSSR count). The Morgan fingerprint density at radius 2 is 1.55 bits per heavy atom. The van der Waals surface area contributed by atoms with Gasteiger partial charge in [0.05, 0.1) is 0 Å². The predicted molar refractivity (Wildman–Crippen MR) is 122 cm³/mol. The summed E-state index contributed by atoms with van der Waals surface area (Å²) in [4.78, 5) is 0. The van der Waals surface area contributed by atoms with Crippen LogP contribution in [-0.4, -0.2) is 14.8 Å². The summed E-state index contributed by atoms with van der Waals surface area (Å²) in [5.74, 6) is 1.74. The van der Waals surface area contributed by atoms with Crippen LogP contribution in [0.4, 0.5) is 0 Å². The Hall–Kier alpha value is -2.85. The molecule has 3 nitrogen and oxygen atoms in total. The maximum absolute atomic E-state index is 4.56. The van der Waals surface area contributed by atoms with E-state index in [1.807, 2.05) is 0 Å². The highest BCUT2D eigenvalue weighted by molar-refractivity contribution is 7.98. The molecule has 4 aromatic rings. The fourth-order valence-corrected chi connectivity index (χ4v) is 4.20. The molecule has 0 radical (unpaired) electrons. The first-order valence-electron chi connectivity index (χ1n) is 9.80. The summed E-state index contributed by atoms with van der Waals surface area (Å²) in [6.45, 7) is 8.51. The van der Waals surface area contributed by atoms with Crippen LogP contribution in [0, 0.1) is 27.7 Å². The van der Waals surface area contributed by atoms with Gasteiger partial charge in [0.25, 0.3) is 0 Å². The van der Waals surface area contributed by atoms with E-state index in [-0.39, 0.29) is 0 Å². The number of hydrogen-bond acceptors (Lipinski definition) is 3. The molecule has 0 saturated heterocycles. The lowest BCUT2D eigenvalue weighted by atomic mass is 10.1. The lowest BCUT2D eigenvalue weighted by Gasteiger charge is -2.11. The van der Waals surface area contributed by atoms with Crippen molar-refractivity contribution in [1.82, 2.24) is 14.8 Å². The van der Waals surface area contributed by atoms with Gasteiger partial charge in [-0.25, -0.2) is 0 Å². The first kappa shape index (κ1) is 19.5. The van der Waals surface area contributed by atoms with Crippen LogP contribution in [-0.2, 0) is 5.75 Å². The molecule has 0 saturated carbocycles. The number of thioether (sulfide) groups is 1. The van der Waals surface area contributed by atoms with E-state index >= 15 is 0 Å². The van der Waals surface area contributed by atoms with Crippen LogP contribution in [0.2, 0.25) is 0 Å². The molecule has 0 fully saturated rings. The van der Waals surface area contributed by atoms with Crippen LogP contribution in [0.15, 0.2) is 71.9 Å². The van der Waals surface area contributed by atoms with Crippen LogP contribution in [0.5, 0.6) is 0 Å². The fraction of sp³-hybridized carbons (Fsp3) is 0.200. The molecular formula is C25H25N3S. The molecule has 0 N–H and O–H groups in total. The summed E-state index contributed by atoms with van der Waals surface area (Å²) in [5.41, 5.74) is 8.56. The van der Waals surface area contributed by atoms with Crippen LogP contribution >= 0.6 is 11.8 Å². The van der Waals surface area contributed by atoms with E-state index in [2.05, 4.69) is 109 Å². The summed E-state index contributed by atoms with van der Waals surface area (Å²) in [6, 6.07) is 23.6. The number of hydrogen-bond donors (Lipinski definition) is 0. The van der Waals surface area contributed by atoms with Gasteiger partial charge < -0.3 is 0 Å². The van der Waals surface area contributed by atoms with Crippen molar-refractivity contribution in [2.45, 2.75) is 38.6 Å². The van der Waals surface area contributed by atoms with Crippen molar-refractivity contribution in [2.24, 2.45) is 0 Å². The number of aromatic nitrogens is 3. The van der Waals surface area contributed by atoms with Gasteiger partial charge in [-0.2, -0.15) is 0 Å². The van der Waals surface area contributed by atoms with E-state index < -0.39 is 0 Å². The lowest BCUT2D eigenvalue weighted by Crippen LogP contribution is -2.00. The van der Waals surface area contributed by atoms with Crippen molar-refractivity contribution in [1.29, 1.82) is 0 Å². The summed E-state index contributed by atoms with van der Waals surface area (Å²) in [7, 11) is 0. The molecule has 3 aromatic carbocycles. The molecule has 0 aliphatic heterocycles. The summed E-state index contributed by atoms with van der Waals surface area (Å²) in [5, 5.41) is 10.0. The number of nitrogens with zero attached hydrogens (tertiary/aromatic N) is 3. The Bertz CT molecular complexity index is 1140. The third-order valence-electron chi connectivity index (χ3n) is 5.14. The van der Waals surface area contributed by atoms with Gasteiger partial charge in [0, 0.05) is 17.0 Å². The number of rotatable bonds is 5. The van der Waals surface area contributed by atoms with Crippen molar-refractivity contribution in [3.05, 3.63) is 94.5 Å². The second-order valence-electron chi connectivity index (χ2n) is 7.55. The van der Waals surface area contributed by atoms with Gasteiger partial charge >= 0.3 is 0 Å². The van der Waals surface area contributed by atoms with Gasteiger partial charge in [-0.3, -0.25) is 4.57 Å². The monoisotopic (exact) mass is 399 g/mol. The third-order valence-corrected chi connectivity index (χ3v) is 6.14. The Kier molecular flexibility index (Phi) is 5.54. The van der Waals surface area contributed by atoms with E-state index in [9.17, 15) is 0 Å². The minimum Gasteiger partial charge on any atom is -0.270 e. The molecule has 0 aliphatic carbocycles. The molecule has 4 heteroatoms. The topological polar surface area (TPSA) is 30.7 Å². The van der Waals surface area contributed by atoms with Gasteiger partial charge in [0.1, 0.15) is 0 Å². The van der Waals surface area contributed by atoms with Gasteiger partial charge in [0.2, 0.25) is 0 Å².